The lowest BCUT2D eigenvalue weighted by Crippen LogP contribution is -2.21. The van der Waals surface area contributed by atoms with Crippen molar-refractivity contribution < 1.29 is 0 Å². The molecular weight excluding hydrogens is 759 g/mol. The average Bonchev–Trinajstić information content (AvgIpc) is 3.35. The van der Waals surface area contributed by atoms with E-state index in [1.807, 2.05) is 36.4 Å². The minimum absolute atomic E-state index is 0.0562. The third-order valence-corrected chi connectivity index (χ3v) is 12.1. The Balaban J connectivity index is 0.812. The summed E-state index contributed by atoms with van der Waals surface area (Å²) in [5.74, 6) is 0.719. The number of hydrogen-bond acceptors (Lipinski definition) is 4. The number of benzene rings is 8. The predicted octanol–water partition coefficient (Wildman–Crippen LogP) is 14.7. The molecule has 1 aliphatic heterocycles. The highest BCUT2D eigenvalue weighted by Crippen LogP contribution is 2.35. The average molecular weight is 800 g/mol. The van der Waals surface area contributed by atoms with E-state index in [4.69, 9.17) is 9.97 Å². The van der Waals surface area contributed by atoms with Crippen molar-refractivity contribution in [1.29, 1.82) is 0 Å². The van der Waals surface area contributed by atoms with Gasteiger partial charge < -0.3 is 5.32 Å². The second-order valence-electron chi connectivity index (χ2n) is 15.1. The largest absolute Gasteiger partial charge is 0.374 e. The number of hydrogen-bond donors (Lipinski definition) is 1. The van der Waals surface area contributed by atoms with Crippen molar-refractivity contribution in [2.75, 3.05) is 0 Å². The van der Waals surface area contributed by atoms with Gasteiger partial charge in [0.05, 0.1) is 17.4 Å². The summed E-state index contributed by atoms with van der Waals surface area (Å²) in [6, 6.07) is 79.1. The maximum absolute atomic E-state index is 5.00. The molecule has 0 saturated carbocycles. The summed E-state index contributed by atoms with van der Waals surface area (Å²) in [6.45, 7) is 0. The molecule has 1 aromatic heterocycles. The van der Waals surface area contributed by atoms with Gasteiger partial charge in [0.1, 0.15) is 0 Å². The quantitative estimate of drug-likeness (QED) is 0.150. The van der Waals surface area contributed by atoms with Gasteiger partial charge in [0.2, 0.25) is 0 Å². The Morgan fingerprint density at radius 1 is 0.361 bits per heavy atom. The van der Waals surface area contributed by atoms with Crippen LogP contribution < -0.4 is 5.32 Å². The zero-order chi connectivity index (χ0) is 40.8. The second kappa shape index (κ2) is 17.4. The smallest absolute Gasteiger partial charge is 0.160 e. The van der Waals surface area contributed by atoms with Crippen molar-refractivity contribution in [3.63, 3.8) is 0 Å². The molecule has 0 amide bonds. The van der Waals surface area contributed by atoms with Crippen LogP contribution in [0.5, 0.6) is 0 Å². The van der Waals surface area contributed by atoms with Gasteiger partial charge in [-0.3, -0.25) is 0 Å². The first-order chi connectivity index (χ1) is 30.2. The fourth-order valence-electron chi connectivity index (χ4n) is 7.76. The van der Waals surface area contributed by atoms with Gasteiger partial charge in [0.15, 0.2) is 5.82 Å². The third-order valence-electron chi connectivity index (χ3n) is 11.0. The minimum atomic E-state index is 0.0562. The van der Waals surface area contributed by atoms with Gasteiger partial charge in [-0.1, -0.05) is 206 Å². The Morgan fingerprint density at radius 3 is 1.26 bits per heavy atom. The molecule has 0 bridgehead atoms. The zero-order valence-corrected chi connectivity index (χ0v) is 34.2. The lowest BCUT2D eigenvalue weighted by molar-refractivity contribution is 0.767. The molecule has 0 fully saturated rings. The molecule has 2 heterocycles. The summed E-state index contributed by atoms with van der Waals surface area (Å²) in [5.41, 5.74) is 15.6. The molecule has 0 aliphatic carbocycles. The fourth-order valence-corrected chi connectivity index (χ4v) is 8.58. The van der Waals surface area contributed by atoms with E-state index in [9.17, 15) is 0 Å². The van der Waals surface area contributed by atoms with E-state index in [-0.39, 0.29) is 6.04 Å². The summed E-state index contributed by atoms with van der Waals surface area (Å²) in [7, 11) is 0. The Bertz CT molecular complexity index is 2890. The number of rotatable bonds is 10. The SMILES string of the molecule is C1=C(c2ccccc2)C=C(c2ccccc2)N[C@@H]1c1ccc(-c2ccc(Sc3ccc(-c4ccc(-c5cc(-c6ccccc6)nc(-c6ccccc6)n5)cc4)cc3)cc2)cc1. The molecule has 0 radical (unpaired) electrons. The first kappa shape index (κ1) is 37.7. The molecule has 1 aliphatic rings. The number of dihydropyridines is 1. The molecule has 0 spiro atoms. The van der Waals surface area contributed by atoms with Gasteiger partial charge in [-0.25, -0.2) is 9.97 Å². The molecule has 0 saturated heterocycles. The van der Waals surface area contributed by atoms with Crippen LogP contribution in [0.2, 0.25) is 0 Å². The van der Waals surface area contributed by atoms with Crippen molar-refractivity contribution in [3.8, 4) is 56.2 Å². The highest BCUT2D eigenvalue weighted by molar-refractivity contribution is 7.99. The van der Waals surface area contributed by atoms with Crippen LogP contribution in [0.1, 0.15) is 22.7 Å². The summed E-state index contributed by atoms with van der Waals surface area (Å²) < 4.78 is 0. The summed E-state index contributed by atoms with van der Waals surface area (Å²) in [5, 5.41) is 3.79. The van der Waals surface area contributed by atoms with Gasteiger partial charge in [0, 0.05) is 32.2 Å². The van der Waals surface area contributed by atoms with Gasteiger partial charge in [-0.2, -0.15) is 0 Å². The second-order valence-corrected chi connectivity index (χ2v) is 16.2. The molecule has 8 aromatic carbocycles. The first-order valence-electron chi connectivity index (χ1n) is 20.6. The van der Waals surface area contributed by atoms with Crippen molar-refractivity contribution in [2.45, 2.75) is 15.8 Å². The number of nitrogens with one attached hydrogen (secondary N) is 1. The third kappa shape index (κ3) is 8.63. The number of allylic oxidation sites excluding steroid dienone is 2. The topological polar surface area (TPSA) is 37.8 Å². The molecule has 10 rings (SSSR count). The molecule has 4 heteroatoms. The summed E-state index contributed by atoms with van der Waals surface area (Å²) >= 11 is 1.78. The number of nitrogens with zero attached hydrogens (tertiary/aromatic N) is 2. The van der Waals surface area contributed by atoms with Gasteiger partial charge in [-0.05, 0) is 87.0 Å². The van der Waals surface area contributed by atoms with Crippen molar-refractivity contribution in [3.05, 3.63) is 253 Å². The molecule has 290 valence electrons. The monoisotopic (exact) mass is 799 g/mol. The maximum Gasteiger partial charge on any atom is 0.160 e. The van der Waals surface area contributed by atoms with Crippen molar-refractivity contribution in [1.82, 2.24) is 15.3 Å². The molecule has 1 N–H and O–H groups in total. The standard InChI is InChI=1S/C57H41N3S/c1-5-13-40(14-6-1)50-37-53(45-15-7-2-8-16-45)58-54(38-50)47-25-21-41(22-26-47)43-29-33-51(34-30-43)61-52-35-31-44(32-36-52)42-23-27-48(28-24-42)56-39-55(46-17-9-3-10-18-46)59-57(60-56)49-19-11-4-12-20-49/h1-39,54,58H/t54-/m0/s1. The van der Waals surface area contributed by atoms with Crippen LogP contribution in [0.15, 0.2) is 246 Å². The van der Waals surface area contributed by atoms with Crippen LogP contribution in [-0.4, -0.2) is 9.97 Å². The molecule has 9 aromatic rings. The lowest BCUT2D eigenvalue weighted by Gasteiger charge is -2.26. The predicted molar refractivity (Wildman–Crippen MR) is 254 cm³/mol. The molecule has 1 atom stereocenters. The Labute approximate surface area is 361 Å². The van der Waals surface area contributed by atoms with E-state index in [0.29, 0.717) is 0 Å². The fraction of sp³-hybridized carbons (Fsp3) is 0.0175. The van der Waals surface area contributed by atoms with Crippen molar-refractivity contribution in [2.24, 2.45) is 0 Å². The molecule has 3 nitrogen and oxygen atoms in total. The van der Waals surface area contributed by atoms with Gasteiger partial charge in [0.25, 0.3) is 0 Å². The van der Waals surface area contributed by atoms with Crippen LogP contribution >= 0.6 is 11.8 Å². The molecule has 61 heavy (non-hydrogen) atoms. The Morgan fingerprint density at radius 2 is 0.754 bits per heavy atom. The van der Waals surface area contributed by atoms with E-state index >= 15 is 0 Å². The molecular formula is C57H41N3S. The van der Waals surface area contributed by atoms with Gasteiger partial charge >= 0.3 is 0 Å². The zero-order valence-electron chi connectivity index (χ0n) is 33.4. The van der Waals surface area contributed by atoms with Crippen LogP contribution in [0, 0.1) is 0 Å². The van der Waals surface area contributed by atoms with E-state index in [1.165, 1.54) is 48.7 Å². The normalized spacial score (nSPS) is 13.5. The number of aromatic nitrogens is 2. The Kier molecular flexibility index (Phi) is 10.7. The van der Waals surface area contributed by atoms with Crippen LogP contribution in [-0.2, 0) is 0 Å². The van der Waals surface area contributed by atoms with E-state index in [1.54, 1.807) is 11.8 Å². The lowest BCUT2D eigenvalue weighted by atomic mass is 9.92. The van der Waals surface area contributed by atoms with Crippen LogP contribution in [0.3, 0.4) is 0 Å². The first-order valence-corrected chi connectivity index (χ1v) is 21.4. The van der Waals surface area contributed by atoms with E-state index in [2.05, 4.69) is 206 Å². The summed E-state index contributed by atoms with van der Waals surface area (Å²) in [6.07, 6.45) is 4.59. The Hall–Kier alpha value is -7.53. The van der Waals surface area contributed by atoms with Crippen LogP contribution in [0.25, 0.3) is 67.4 Å². The van der Waals surface area contributed by atoms with E-state index in [0.717, 1.165) is 45.2 Å². The highest BCUT2D eigenvalue weighted by atomic mass is 32.2. The minimum Gasteiger partial charge on any atom is -0.374 e. The summed E-state index contributed by atoms with van der Waals surface area (Å²) in [4.78, 5) is 12.3. The highest BCUT2D eigenvalue weighted by Gasteiger charge is 2.18. The maximum atomic E-state index is 5.00. The molecule has 0 unspecified atom stereocenters. The van der Waals surface area contributed by atoms with Crippen molar-refractivity contribution >= 4 is 23.0 Å². The van der Waals surface area contributed by atoms with E-state index < -0.39 is 0 Å². The van der Waals surface area contributed by atoms with Gasteiger partial charge in [-0.15, -0.1) is 0 Å². The van der Waals surface area contributed by atoms with Crippen LogP contribution in [0.4, 0.5) is 0 Å².